The van der Waals surface area contributed by atoms with Crippen molar-refractivity contribution in [3.05, 3.63) is 0 Å². The summed E-state index contributed by atoms with van der Waals surface area (Å²) >= 11 is 0. The molecule has 2 aliphatic rings. The van der Waals surface area contributed by atoms with Gasteiger partial charge in [-0.05, 0) is 51.0 Å². The molecule has 0 aromatic heterocycles. The number of likely N-dealkylation sites (tertiary alicyclic amines) is 1. The van der Waals surface area contributed by atoms with Crippen LogP contribution >= 0.6 is 0 Å². The average Bonchev–Trinajstić information content (AvgIpc) is 2.95. The van der Waals surface area contributed by atoms with Crippen LogP contribution in [0.4, 0.5) is 0 Å². The molecule has 3 unspecified atom stereocenters. The van der Waals surface area contributed by atoms with Crippen LogP contribution in [0.15, 0.2) is 0 Å². The summed E-state index contributed by atoms with van der Waals surface area (Å²) in [5.41, 5.74) is 0. The van der Waals surface area contributed by atoms with Gasteiger partial charge in [-0.15, -0.1) is 0 Å². The zero-order valence-electron chi connectivity index (χ0n) is 12.6. The molecule has 18 heavy (non-hydrogen) atoms. The van der Waals surface area contributed by atoms with E-state index in [0.29, 0.717) is 0 Å². The monoisotopic (exact) mass is 252 g/mol. The van der Waals surface area contributed by atoms with Crippen molar-refractivity contribution in [2.75, 3.05) is 19.6 Å². The zero-order valence-corrected chi connectivity index (χ0v) is 12.6. The standard InChI is InChI=1S/C16H32N2/c1-4-9-17-16(15-7-5-6-8-15)12-18-11-13(2)10-14(18)3/h13-17H,4-12H2,1-3H3. The average molecular weight is 252 g/mol. The number of nitrogens with zero attached hydrogens (tertiary/aromatic N) is 1. The fourth-order valence-corrected chi connectivity index (χ4v) is 3.96. The van der Waals surface area contributed by atoms with E-state index in [2.05, 4.69) is 31.0 Å². The van der Waals surface area contributed by atoms with Crippen LogP contribution in [0.2, 0.25) is 0 Å². The van der Waals surface area contributed by atoms with Crippen LogP contribution in [0, 0.1) is 11.8 Å². The topological polar surface area (TPSA) is 15.3 Å². The van der Waals surface area contributed by atoms with Crippen molar-refractivity contribution in [2.24, 2.45) is 11.8 Å². The van der Waals surface area contributed by atoms with E-state index in [-0.39, 0.29) is 0 Å². The minimum Gasteiger partial charge on any atom is -0.312 e. The molecule has 0 bridgehead atoms. The maximum absolute atomic E-state index is 3.83. The Kier molecular flexibility index (Phi) is 5.50. The van der Waals surface area contributed by atoms with Crippen LogP contribution in [0.1, 0.15) is 59.3 Å². The van der Waals surface area contributed by atoms with Gasteiger partial charge in [-0.3, -0.25) is 4.90 Å². The summed E-state index contributed by atoms with van der Waals surface area (Å²) in [6, 6.07) is 1.55. The molecule has 0 amide bonds. The van der Waals surface area contributed by atoms with Gasteiger partial charge in [-0.1, -0.05) is 26.7 Å². The first-order valence-corrected chi connectivity index (χ1v) is 8.18. The first kappa shape index (κ1) is 14.3. The SMILES string of the molecule is CCCNC(CN1CC(C)CC1C)C1CCCC1. The summed E-state index contributed by atoms with van der Waals surface area (Å²) in [4.78, 5) is 2.73. The van der Waals surface area contributed by atoms with Crippen LogP contribution in [0.3, 0.4) is 0 Å². The molecule has 0 aromatic carbocycles. The Bertz CT molecular complexity index is 235. The van der Waals surface area contributed by atoms with Crippen molar-refractivity contribution in [3.8, 4) is 0 Å². The van der Waals surface area contributed by atoms with Crippen molar-refractivity contribution in [2.45, 2.75) is 71.4 Å². The van der Waals surface area contributed by atoms with Crippen LogP contribution in [-0.2, 0) is 0 Å². The number of hydrogen-bond acceptors (Lipinski definition) is 2. The Morgan fingerprint density at radius 1 is 1.22 bits per heavy atom. The maximum atomic E-state index is 3.83. The summed E-state index contributed by atoms with van der Waals surface area (Å²) in [7, 11) is 0. The fraction of sp³-hybridized carbons (Fsp3) is 1.00. The van der Waals surface area contributed by atoms with E-state index >= 15 is 0 Å². The van der Waals surface area contributed by atoms with Crippen LogP contribution < -0.4 is 5.32 Å². The largest absolute Gasteiger partial charge is 0.312 e. The Morgan fingerprint density at radius 3 is 2.50 bits per heavy atom. The molecule has 1 saturated heterocycles. The molecule has 2 nitrogen and oxygen atoms in total. The predicted molar refractivity (Wildman–Crippen MR) is 78.9 cm³/mol. The van der Waals surface area contributed by atoms with Crippen LogP contribution in [0.25, 0.3) is 0 Å². The van der Waals surface area contributed by atoms with E-state index in [1.165, 1.54) is 58.2 Å². The van der Waals surface area contributed by atoms with Crippen LogP contribution in [-0.4, -0.2) is 36.6 Å². The lowest BCUT2D eigenvalue weighted by Crippen LogP contribution is -2.46. The molecule has 2 heteroatoms. The fourth-order valence-electron chi connectivity index (χ4n) is 3.96. The van der Waals surface area contributed by atoms with E-state index < -0.39 is 0 Å². The van der Waals surface area contributed by atoms with Crippen LogP contribution in [0.5, 0.6) is 0 Å². The van der Waals surface area contributed by atoms with Gasteiger partial charge in [0.05, 0.1) is 0 Å². The molecule has 1 aliphatic carbocycles. The molecule has 3 atom stereocenters. The smallest absolute Gasteiger partial charge is 0.0223 e. The minimum atomic E-state index is 0.750. The summed E-state index contributed by atoms with van der Waals surface area (Å²) < 4.78 is 0. The first-order valence-electron chi connectivity index (χ1n) is 8.18. The molecule has 0 spiro atoms. The van der Waals surface area contributed by atoms with Gasteiger partial charge < -0.3 is 5.32 Å². The van der Waals surface area contributed by atoms with E-state index in [9.17, 15) is 0 Å². The van der Waals surface area contributed by atoms with E-state index in [4.69, 9.17) is 0 Å². The quantitative estimate of drug-likeness (QED) is 0.780. The van der Waals surface area contributed by atoms with Crippen molar-refractivity contribution in [3.63, 3.8) is 0 Å². The molecule has 1 aliphatic heterocycles. The molecule has 1 N–H and O–H groups in total. The van der Waals surface area contributed by atoms with Gasteiger partial charge in [0.1, 0.15) is 0 Å². The summed E-state index contributed by atoms with van der Waals surface area (Å²) in [5, 5.41) is 3.83. The van der Waals surface area contributed by atoms with Gasteiger partial charge in [0.15, 0.2) is 0 Å². The van der Waals surface area contributed by atoms with E-state index in [1.807, 2.05) is 0 Å². The third-order valence-electron chi connectivity index (χ3n) is 4.97. The van der Waals surface area contributed by atoms with E-state index in [1.54, 1.807) is 0 Å². The Morgan fingerprint density at radius 2 is 1.94 bits per heavy atom. The number of hydrogen-bond donors (Lipinski definition) is 1. The highest BCUT2D eigenvalue weighted by molar-refractivity contribution is 4.88. The highest BCUT2D eigenvalue weighted by Gasteiger charge is 2.31. The lowest BCUT2D eigenvalue weighted by atomic mass is 9.97. The third kappa shape index (κ3) is 3.71. The van der Waals surface area contributed by atoms with Gasteiger partial charge in [-0.2, -0.15) is 0 Å². The lowest BCUT2D eigenvalue weighted by molar-refractivity contribution is 0.201. The molecule has 2 rings (SSSR count). The molecule has 0 radical (unpaired) electrons. The van der Waals surface area contributed by atoms with Crippen molar-refractivity contribution in [1.82, 2.24) is 10.2 Å². The predicted octanol–water partition coefficient (Wildman–Crippen LogP) is 3.28. The summed E-state index contributed by atoms with van der Waals surface area (Å²) in [6.07, 6.45) is 8.49. The molecular formula is C16H32N2. The normalized spacial score (nSPS) is 32.2. The highest BCUT2D eigenvalue weighted by Crippen LogP contribution is 2.30. The second-order valence-corrected chi connectivity index (χ2v) is 6.75. The summed E-state index contributed by atoms with van der Waals surface area (Å²) in [6.45, 7) is 10.9. The highest BCUT2D eigenvalue weighted by atomic mass is 15.2. The second kappa shape index (κ2) is 6.91. The molecular weight excluding hydrogens is 220 g/mol. The molecule has 1 saturated carbocycles. The first-order chi connectivity index (χ1) is 8.70. The van der Waals surface area contributed by atoms with Gasteiger partial charge in [0.25, 0.3) is 0 Å². The van der Waals surface area contributed by atoms with Gasteiger partial charge in [-0.25, -0.2) is 0 Å². The number of nitrogens with one attached hydrogen (secondary N) is 1. The Hall–Kier alpha value is -0.0800. The van der Waals surface area contributed by atoms with E-state index in [0.717, 1.165) is 23.9 Å². The number of rotatable bonds is 6. The van der Waals surface area contributed by atoms with Crippen molar-refractivity contribution < 1.29 is 0 Å². The van der Waals surface area contributed by atoms with Gasteiger partial charge in [0, 0.05) is 25.2 Å². The molecule has 1 heterocycles. The maximum Gasteiger partial charge on any atom is 0.0223 e. The lowest BCUT2D eigenvalue weighted by Gasteiger charge is -2.31. The second-order valence-electron chi connectivity index (χ2n) is 6.75. The van der Waals surface area contributed by atoms with Gasteiger partial charge >= 0.3 is 0 Å². The summed E-state index contributed by atoms with van der Waals surface area (Å²) in [5.74, 6) is 1.84. The molecule has 0 aromatic rings. The van der Waals surface area contributed by atoms with Crippen molar-refractivity contribution >= 4 is 0 Å². The zero-order chi connectivity index (χ0) is 13.0. The third-order valence-corrected chi connectivity index (χ3v) is 4.97. The Labute approximate surface area is 114 Å². The minimum absolute atomic E-state index is 0.750. The van der Waals surface area contributed by atoms with Crippen molar-refractivity contribution in [1.29, 1.82) is 0 Å². The Balaban J connectivity index is 1.87. The van der Waals surface area contributed by atoms with Gasteiger partial charge in [0.2, 0.25) is 0 Å². The molecule has 106 valence electrons. The molecule has 2 fully saturated rings.